The molecule has 2 unspecified atom stereocenters. The first-order valence-electron chi connectivity index (χ1n) is 22.0. The lowest BCUT2D eigenvalue weighted by Gasteiger charge is -2.21. The summed E-state index contributed by atoms with van der Waals surface area (Å²) in [5.41, 5.74) is 9.12. The van der Waals surface area contributed by atoms with E-state index in [1.54, 1.807) is 14.2 Å². The van der Waals surface area contributed by atoms with Gasteiger partial charge in [0.25, 0.3) is 0 Å². The van der Waals surface area contributed by atoms with Gasteiger partial charge >= 0.3 is 11.6 Å². The van der Waals surface area contributed by atoms with E-state index in [9.17, 15) is 9.59 Å². The molecule has 2 atom stereocenters. The summed E-state index contributed by atoms with van der Waals surface area (Å²) in [4.78, 5) is 58.3. The predicted molar refractivity (Wildman–Crippen MR) is 261 cm³/mol. The van der Waals surface area contributed by atoms with Gasteiger partial charge in [0.05, 0.1) is 19.6 Å². The number of carbonyl (C=O) groups is 1. The van der Waals surface area contributed by atoms with Crippen molar-refractivity contribution in [1.29, 1.82) is 0 Å². The quantitative estimate of drug-likeness (QED) is 0.0909. The molecule has 68 heavy (non-hydrogen) atoms. The number of fused-ring (bicyclic) bond motifs is 3. The summed E-state index contributed by atoms with van der Waals surface area (Å²) in [6.45, 7) is 3.49. The number of rotatable bonds is 11. The second-order valence-corrected chi connectivity index (χ2v) is 16.5. The lowest BCUT2D eigenvalue weighted by molar-refractivity contribution is -0.132. The molecule has 5 heterocycles. The molecule has 10 aromatic rings. The Bertz CT molecular complexity index is 3670. The van der Waals surface area contributed by atoms with Gasteiger partial charge in [-0.05, 0) is 35.3 Å². The standard InChI is InChI=1S/C54H42N8O6/c1-29-25-33(21-23-39(29)49-57-44(51(62-49)66-4)36-18-11-17-35(26-36)43-50(65-3)59-46(56-43)32-15-9-6-10-16-32)34-22-24-40-41(28-34)54(64)68-53-45(40)58-48(61-53)38-20-12-19-37(27-38)47-55-42(31-13-7-5-8-14-31)52(60-47)67-30(2)63/h5-29,39H,1-4H3,(H,55,60)(H,56,59)(H,57,62)(H,58,61). The number of hydrogen-bond donors (Lipinski definition) is 4. The van der Waals surface area contributed by atoms with Gasteiger partial charge in [-0.3, -0.25) is 4.79 Å². The Kier molecular flexibility index (Phi) is 10.5. The van der Waals surface area contributed by atoms with Crippen LogP contribution in [0.5, 0.6) is 17.6 Å². The summed E-state index contributed by atoms with van der Waals surface area (Å²) in [7, 11) is 3.25. The lowest BCUT2D eigenvalue weighted by atomic mass is 9.84. The third kappa shape index (κ3) is 7.62. The third-order valence-corrected chi connectivity index (χ3v) is 12.1. The second kappa shape index (κ2) is 17.1. The van der Waals surface area contributed by atoms with Crippen molar-refractivity contribution in [2.75, 3.05) is 14.2 Å². The van der Waals surface area contributed by atoms with Gasteiger partial charge in [-0.15, -0.1) is 0 Å². The minimum Gasteiger partial charge on any atom is -0.481 e. The highest BCUT2D eigenvalue weighted by Gasteiger charge is 2.26. The maximum absolute atomic E-state index is 13.6. The molecule has 1 aliphatic carbocycles. The second-order valence-electron chi connectivity index (χ2n) is 16.5. The van der Waals surface area contributed by atoms with Crippen LogP contribution in [0.3, 0.4) is 0 Å². The Morgan fingerprint density at radius 2 is 1.24 bits per heavy atom. The first kappa shape index (κ1) is 41.7. The van der Waals surface area contributed by atoms with Gasteiger partial charge in [0.15, 0.2) is 0 Å². The number of benzene rings is 5. The maximum Gasteiger partial charge on any atom is 0.345 e. The minimum atomic E-state index is -0.478. The number of hydrogen-bond acceptors (Lipinski definition) is 10. The van der Waals surface area contributed by atoms with Crippen molar-refractivity contribution in [1.82, 2.24) is 39.9 Å². The van der Waals surface area contributed by atoms with Crippen molar-refractivity contribution in [3.63, 3.8) is 0 Å². The number of imidazole rings is 4. The minimum absolute atomic E-state index is 0.0355. The molecule has 0 radical (unpaired) electrons. The zero-order chi connectivity index (χ0) is 46.5. The molecule has 11 rings (SSSR count). The molecule has 14 heteroatoms. The summed E-state index contributed by atoms with van der Waals surface area (Å²) in [6, 6.07) is 40.8. The van der Waals surface area contributed by atoms with Crippen molar-refractivity contribution >= 4 is 33.5 Å². The van der Waals surface area contributed by atoms with Crippen LogP contribution in [0.2, 0.25) is 0 Å². The molecule has 14 nitrogen and oxygen atoms in total. The average molecular weight is 899 g/mol. The summed E-state index contributed by atoms with van der Waals surface area (Å²) >= 11 is 0. The maximum atomic E-state index is 13.6. The number of H-pyrrole nitrogens is 4. The van der Waals surface area contributed by atoms with Gasteiger partial charge in [0.2, 0.25) is 23.4 Å². The fourth-order valence-electron chi connectivity index (χ4n) is 8.80. The molecular weight excluding hydrogens is 857 g/mol. The summed E-state index contributed by atoms with van der Waals surface area (Å²) in [5.74, 6) is 3.30. The Balaban J connectivity index is 0.852. The van der Waals surface area contributed by atoms with Gasteiger partial charge in [-0.1, -0.05) is 134 Å². The molecule has 0 saturated heterocycles. The van der Waals surface area contributed by atoms with Crippen molar-refractivity contribution in [3.8, 4) is 85.6 Å². The van der Waals surface area contributed by atoms with E-state index in [1.165, 1.54) is 6.92 Å². The summed E-state index contributed by atoms with van der Waals surface area (Å²) in [6.07, 6.45) is 6.38. The molecular formula is C54H42N8O6. The number of esters is 1. The van der Waals surface area contributed by atoms with Crippen LogP contribution in [-0.2, 0) is 4.79 Å². The van der Waals surface area contributed by atoms with Crippen LogP contribution in [0.25, 0.3) is 95.5 Å². The molecule has 5 aromatic heterocycles. The van der Waals surface area contributed by atoms with E-state index < -0.39 is 11.6 Å². The predicted octanol–water partition coefficient (Wildman–Crippen LogP) is 11.2. The van der Waals surface area contributed by atoms with E-state index in [2.05, 4.69) is 45.1 Å². The first-order chi connectivity index (χ1) is 33.2. The molecule has 4 N–H and O–H groups in total. The van der Waals surface area contributed by atoms with E-state index in [1.807, 2.05) is 127 Å². The average Bonchev–Trinajstić information content (AvgIpc) is 4.20. The van der Waals surface area contributed by atoms with E-state index in [4.69, 9.17) is 38.6 Å². The van der Waals surface area contributed by atoms with Crippen LogP contribution in [-0.4, -0.2) is 60.1 Å². The summed E-state index contributed by atoms with van der Waals surface area (Å²) in [5, 5.41) is 1.08. The van der Waals surface area contributed by atoms with E-state index in [-0.39, 0.29) is 23.4 Å². The Morgan fingerprint density at radius 1 is 0.603 bits per heavy atom. The van der Waals surface area contributed by atoms with Crippen molar-refractivity contribution < 1.29 is 23.4 Å². The van der Waals surface area contributed by atoms with E-state index >= 15 is 0 Å². The Labute approximate surface area is 388 Å². The Hall–Kier alpha value is -9.04. The van der Waals surface area contributed by atoms with Crippen LogP contribution in [0.4, 0.5) is 0 Å². The number of nitrogens with zero attached hydrogens (tertiary/aromatic N) is 4. The summed E-state index contributed by atoms with van der Waals surface area (Å²) < 4.78 is 22.9. The number of methoxy groups -OCH3 is 2. The van der Waals surface area contributed by atoms with Crippen molar-refractivity contribution in [2.24, 2.45) is 5.92 Å². The van der Waals surface area contributed by atoms with E-state index in [0.29, 0.717) is 56.9 Å². The zero-order valence-corrected chi connectivity index (χ0v) is 37.2. The molecule has 0 saturated carbocycles. The molecule has 5 aromatic carbocycles. The van der Waals surface area contributed by atoms with Gasteiger partial charge < -0.3 is 38.6 Å². The van der Waals surface area contributed by atoms with Crippen LogP contribution in [0.15, 0.2) is 155 Å². The molecule has 0 aliphatic heterocycles. The largest absolute Gasteiger partial charge is 0.481 e. The van der Waals surface area contributed by atoms with Gasteiger partial charge in [0, 0.05) is 51.6 Å². The fourth-order valence-corrected chi connectivity index (χ4v) is 8.80. The number of aromatic amines is 4. The number of nitrogens with one attached hydrogen (secondary N) is 4. The van der Waals surface area contributed by atoms with Crippen LogP contribution < -0.4 is 19.8 Å². The fraction of sp³-hybridized carbons (Fsp3) is 0.111. The number of carbonyl (C=O) groups excluding carboxylic acids is 1. The molecule has 334 valence electrons. The monoisotopic (exact) mass is 898 g/mol. The SMILES string of the molecule is COc1nc(C2C=CC(c3ccc4c(c3)c(=O)oc3[nH]c(-c5cccc(-c6nc(-c7ccccc7)c(OC(C)=O)[nH]6)c5)nc34)=CC2C)[nH]c1-c1cccc(-c2nc(-c3ccccc3)[nH]c2OC)c1. The topological polar surface area (TPSA) is 190 Å². The normalized spacial score (nSPS) is 14.6. The molecule has 0 fully saturated rings. The number of ether oxygens (including phenoxy) is 3. The number of allylic oxidation sites excluding steroid dienone is 4. The molecule has 0 spiro atoms. The highest BCUT2D eigenvalue weighted by atomic mass is 16.5. The van der Waals surface area contributed by atoms with Crippen LogP contribution in [0.1, 0.15) is 31.2 Å². The molecule has 0 amide bonds. The molecule has 1 aliphatic rings. The third-order valence-electron chi connectivity index (χ3n) is 12.1. The Morgan fingerprint density at radius 3 is 1.94 bits per heavy atom. The van der Waals surface area contributed by atoms with Gasteiger partial charge in [0.1, 0.15) is 45.9 Å². The van der Waals surface area contributed by atoms with Crippen molar-refractivity contribution in [3.05, 3.63) is 167 Å². The zero-order valence-electron chi connectivity index (χ0n) is 37.2. The highest BCUT2D eigenvalue weighted by Crippen LogP contribution is 2.40. The first-order valence-corrected chi connectivity index (χ1v) is 22.0. The number of aromatic nitrogens is 8. The van der Waals surface area contributed by atoms with Crippen molar-refractivity contribution in [2.45, 2.75) is 19.8 Å². The highest BCUT2D eigenvalue weighted by molar-refractivity contribution is 6.03. The van der Waals surface area contributed by atoms with Crippen LogP contribution in [0, 0.1) is 5.92 Å². The molecule has 0 bridgehead atoms. The van der Waals surface area contributed by atoms with Gasteiger partial charge in [-0.25, -0.2) is 19.7 Å². The van der Waals surface area contributed by atoms with Crippen LogP contribution >= 0.6 is 0 Å². The lowest BCUT2D eigenvalue weighted by Crippen LogP contribution is -2.11. The smallest absolute Gasteiger partial charge is 0.345 e. The van der Waals surface area contributed by atoms with E-state index in [0.717, 1.165) is 56.0 Å². The van der Waals surface area contributed by atoms with Gasteiger partial charge in [-0.2, -0.15) is 4.98 Å².